The van der Waals surface area contributed by atoms with Crippen LogP contribution in [-0.2, 0) is 4.79 Å². The van der Waals surface area contributed by atoms with Gasteiger partial charge in [-0.25, -0.2) is 0 Å². The summed E-state index contributed by atoms with van der Waals surface area (Å²) in [5, 5.41) is 7.48. The van der Waals surface area contributed by atoms with Gasteiger partial charge in [-0.1, -0.05) is 11.2 Å². The van der Waals surface area contributed by atoms with Gasteiger partial charge in [0.25, 0.3) is 0 Å². The van der Waals surface area contributed by atoms with Crippen molar-refractivity contribution in [1.29, 1.82) is 0 Å². The third-order valence-electron chi connectivity index (χ3n) is 6.58. The molecule has 2 aromatic rings. The molecule has 0 radical (unpaired) electrons. The lowest BCUT2D eigenvalue weighted by Crippen LogP contribution is -2.40. The minimum atomic E-state index is 0. The topological polar surface area (TPSA) is 84.2 Å². The van der Waals surface area contributed by atoms with E-state index >= 15 is 0 Å². The Hall–Kier alpha value is -1.70. The molecule has 29 heavy (non-hydrogen) atoms. The molecule has 1 saturated carbocycles. The van der Waals surface area contributed by atoms with Gasteiger partial charge in [-0.3, -0.25) is 9.78 Å². The summed E-state index contributed by atoms with van der Waals surface area (Å²) >= 11 is 0. The van der Waals surface area contributed by atoms with Gasteiger partial charge >= 0.3 is 0 Å². The Labute approximate surface area is 182 Å². The van der Waals surface area contributed by atoms with E-state index < -0.39 is 0 Å². The molecule has 4 heterocycles. The van der Waals surface area contributed by atoms with Gasteiger partial charge in [0.15, 0.2) is 0 Å². The Morgan fingerprint density at radius 2 is 1.93 bits per heavy atom. The zero-order chi connectivity index (χ0) is 18.3. The van der Waals surface area contributed by atoms with E-state index in [9.17, 15) is 4.79 Å². The molecule has 5 rings (SSSR count). The van der Waals surface area contributed by atoms with Gasteiger partial charge in [-0.05, 0) is 62.7 Å². The van der Waals surface area contributed by atoms with Gasteiger partial charge in [-0.15, -0.1) is 24.8 Å². The quantitative estimate of drug-likeness (QED) is 0.790. The van der Waals surface area contributed by atoms with E-state index in [1.54, 1.807) is 6.20 Å². The van der Waals surface area contributed by atoms with Crippen LogP contribution in [0.5, 0.6) is 0 Å². The van der Waals surface area contributed by atoms with Crippen molar-refractivity contribution in [3.63, 3.8) is 0 Å². The first kappa shape index (κ1) is 22.0. The van der Waals surface area contributed by atoms with Crippen LogP contribution in [0.3, 0.4) is 0 Å². The number of pyridine rings is 1. The van der Waals surface area contributed by atoms with Crippen molar-refractivity contribution in [2.75, 3.05) is 26.2 Å². The van der Waals surface area contributed by atoms with Gasteiger partial charge in [0.2, 0.25) is 17.6 Å². The van der Waals surface area contributed by atoms with Crippen molar-refractivity contribution in [2.24, 2.45) is 11.3 Å². The molecule has 1 atom stereocenters. The predicted octanol–water partition coefficient (Wildman–Crippen LogP) is 3.07. The summed E-state index contributed by atoms with van der Waals surface area (Å²) in [5.74, 6) is 2.07. The predicted molar refractivity (Wildman–Crippen MR) is 113 cm³/mol. The molecule has 1 aliphatic carbocycles. The Morgan fingerprint density at radius 3 is 2.62 bits per heavy atom. The maximum Gasteiger partial charge on any atom is 0.230 e. The number of nitrogens with zero attached hydrogens (tertiary/aromatic N) is 4. The minimum Gasteiger partial charge on any atom is -0.342 e. The normalized spacial score (nSPS) is 23.2. The first-order valence-electron chi connectivity index (χ1n) is 10.00. The second-order valence-corrected chi connectivity index (χ2v) is 8.14. The van der Waals surface area contributed by atoms with E-state index in [2.05, 4.69) is 25.3 Å². The number of carbonyl (C=O) groups excluding carboxylic acids is 1. The molecule has 9 heteroatoms. The number of hydrogen-bond acceptors (Lipinski definition) is 6. The van der Waals surface area contributed by atoms with Crippen LogP contribution in [0.4, 0.5) is 0 Å². The number of likely N-dealkylation sites (tertiary alicyclic amines) is 1. The highest BCUT2D eigenvalue weighted by molar-refractivity contribution is 5.85. The smallest absolute Gasteiger partial charge is 0.230 e. The van der Waals surface area contributed by atoms with Crippen LogP contribution < -0.4 is 5.32 Å². The van der Waals surface area contributed by atoms with Crippen molar-refractivity contribution in [2.45, 2.75) is 38.0 Å². The van der Waals surface area contributed by atoms with Crippen LogP contribution >= 0.6 is 24.8 Å². The second-order valence-electron chi connectivity index (χ2n) is 8.14. The lowest BCUT2D eigenvalue weighted by atomic mass is 9.91. The summed E-state index contributed by atoms with van der Waals surface area (Å²) in [7, 11) is 0. The molecule has 7 nitrogen and oxygen atoms in total. The lowest BCUT2D eigenvalue weighted by Gasteiger charge is -2.32. The number of aromatic nitrogens is 3. The monoisotopic (exact) mass is 439 g/mol. The van der Waals surface area contributed by atoms with E-state index in [-0.39, 0.29) is 36.6 Å². The lowest BCUT2D eigenvalue weighted by molar-refractivity contribution is -0.134. The molecule has 1 unspecified atom stereocenters. The fourth-order valence-electron chi connectivity index (χ4n) is 4.74. The van der Waals surface area contributed by atoms with Crippen molar-refractivity contribution >= 4 is 30.7 Å². The number of rotatable bonds is 3. The molecule has 3 aliphatic rings. The minimum absolute atomic E-state index is 0. The van der Waals surface area contributed by atoms with Gasteiger partial charge in [0, 0.05) is 31.1 Å². The SMILES string of the molecule is Cl.Cl.O=C(C1CC12CCNCC2)N1CCC(c2nc(-c3ccccn3)no2)CC1. The van der Waals surface area contributed by atoms with Gasteiger partial charge < -0.3 is 14.7 Å². The third-order valence-corrected chi connectivity index (χ3v) is 6.58. The van der Waals surface area contributed by atoms with Crippen LogP contribution in [0.25, 0.3) is 11.5 Å². The number of amides is 1. The van der Waals surface area contributed by atoms with Crippen LogP contribution in [0.1, 0.15) is 43.9 Å². The van der Waals surface area contributed by atoms with Crippen molar-refractivity contribution < 1.29 is 9.32 Å². The van der Waals surface area contributed by atoms with E-state index in [4.69, 9.17) is 4.52 Å². The molecule has 2 saturated heterocycles. The number of nitrogens with one attached hydrogen (secondary N) is 1. The average Bonchev–Trinajstić information content (AvgIpc) is 3.19. The summed E-state index contributed by atoms with van der Waals surface area (Å²) in [6, 6.07) is 5.66. The molecule has 1 amide bonds. The van der Waals surface area contributed by atoms with E-state index in [0.717, 1.165) is 64.0 Å². The molecule has 2 aliphatic heterocycles. The van der Waals surface area contributed by atoms with E-state index in [0.29, 0.717) is 23.0 Å². The maximum atomic E-state index is 12.9. The summed E-state index contributed by atoms with van der Waals surface area (Å²) < 4.78 is 5.49. The van der Waals surface area contributed by atoms with Crippen LogP contribution in [0, 0.1) is 11.3 Å². The first-order valence-corrected chi connectivity index (χ1v) is 10.00. The number of hydrogen-bond donors (Lipinski definition) is 1. The standard InChI is InChI=1S/C20H25N5O2.2ClH/c26-19(15-13-20(15)6-9-21-10-7-20)25-11-4-14(5-12-25)18-23-17(24-27-18)16-3-1-2-8-22-16;;/h1-3,8,14-15,21H,4-7,9-13H2;2*1H. The molecule has 1 spiro atoms. The van der Waals surface area contributed by atoms with Gasteiger partial charge in [-0.2, -0.15) is 4.98 Å². The van der Waals surface area contributed by atoms with Crippen LogP contribution in [-0.4, -0.2) is 52.1 Å². The zero-order valence-corrected chi connectivity index (χ0v) is 17.9. The molecule has 3 fully saturated rings. The van der Waals surface area contributed by atoms with E-state index in [1.807, 2.05) is 18.2 Å². The Bertz CT molecular complexity index is 817. The molecule has 0 aromatic carbocycles. The zero-order valence-electron chi connectivity index (χ0n) is 16.2. The molecule has 0 bridgehead atoms. The number of piperidine rings is 2. The average molecular weight is 440 g/mol. The molecular formula is C20H27Cl2N5O2. The molecule has 2 aromatic heterocycles. The van der Waals surface area contributed by atoms with Gasteiger partial charge in [0.05, 0.1) is 0 Å². The summed E-state index contributed by atoms with van der Waals surface area (Å²) in [6.45, 7) is 3.69. The highest BCUT2D eigenvalue weighted by atomic mass is 35.5. The largest absolute Gasteiger partial charge is 0.342 e. The van der Waals surface area contributed by atoms with Gasteiger partial charge in [0.1, 0.15) is 5.69 Å². The number of carbonyl (C=O) groups is 1. The molecule has 158 valence electrons. The fraction of sp³-hybridized carbons (Fsp3) is 0.600. The third kappa shape index (κ3) is 4.27. The van der Waals surface area contributed by atoms with Crippen molar-refractivity contribution in [3.05, 3.63) is 30.3 Å². The summed E-state index contributed by atoms with van der Waals surface area (Å²) in [6.07, 6.45) is 6.89. The van der Waals surface area contributed by atoms with Crippen LogP contribution in [0.2, 0.25) is 0 Å². The Kier molecular flexibility index (Phi) is 6.81. The van der Waals surface area contributed by atoms with Crippen molar-refractivity contribution in [3.8, 4) is 11.5 Å². The maximum absolute atomic E-state index is 12.9. The first-order chi connectivity index (χ1) is 13.3. The fourth-order valence-corrected chi connectivity index (χ4v) is 4.74. The number of halogens is 2. The molecule has 1 N–H and O–H groups in total. The van der Waals surface area contributed by atoms with E-state index in [1.165, 1.54) is 0 Å². The second kappa shape index (κ2) is 8.98. The van der Waals surface area contributed by atoms with Crippen LogP contribution in [0.15, 0.2) is 28.9 Å². The highest BCUT2D eigenvalue weighted by Crippen LogP contribution is 2.59. The Morgan fingerprint density at radius 1 is 1.17 bits per heavy atom. The summed E-state index contributed by atoms with van der Waals surface area (Å²) in [4.78, 5) is 23.8. The highest BCUT2D eigenvalue weighted by Gasteiger charge is 2.58. The van der Waals surface area contributed by atoms with Crippen molar-refractivity contribution in [1.82, 2.24) is 25.3 Å². The Balaban J connectivity index is 0.00000120. The molecular weight excluding hydrogens is 413 g/mol. The summed E-state index contributed by atoms with van der Waals surface area (Å²) in [5.41, 5.74) is 1.03.